The van der Waals surface area contributed by atoms with Gasteiger partial charge >= 0.3 is 0 Å². The minimum atomic E-state index is 0.346. The first-order chi connectivity index (χ1) is 7.22. The Bertz CT molecular complexity index is 328. The van der Waals surface area contributed by atoms with Gasteiger partial charge in [0, 0.05) is 6.42 Å². The summed E-state index contributed by atoms with van der Waals surface area (Å²) < 4.78 is 0. The van der Waals surface area contributed by atoms with Crippen LogP contribution in [0.5, 0.6) is 0 Å². The molecule has 0 amide bonds. The van der Waals surface area contributed by atoms with Crippen LogP contribution < -0.4 is 0 Å². The Balaban J connectivity index is 2.96. The van der Waals surface area contributed by atoms with Gasteiger partial charge in [-0.1, -0.05) is 39.0 Å². The highest BCUT2D eigenvalue weighted by Crippen LogP contribution is 2.22. The predicted molar refractivity (Wildman–Crippen MR) is 64.3 cm³/mol. The van der Waals surface area contributed by atoms with Crippen molar-refractivity contribution in [3.8, 4) is 0 Å². The van der Waals surface area contributed by atoms with Crippen LogP contribution in [0.2, 0.25) is 0 Å². The third-order valence-corrected chi connectivity index (χ3v) is 3.01. The molecule has 1 nitrogen and oxygen atoms in total. The molecule has 0 aliphatic heterocycles. The fourth-order valence-electron chi connectivity index (χ4n) is 1.91. The van der Waals surface area contributed by atoms with Crippen molar-refractivity contribution in [1.82, 2.24) is 0 Å². The van der Waals surface area contributed by atoms with Crippen molar-refractivity contribution in [3.63, 3.8) is 0 Å². The van der Waals surface area contributed by atoms with Crippen LogP contribution in [0.4, 0.5) is 0 Å². The molecule has 0 N–H and O–H groups in total. The van der Waals surface area contributed by atoms with Crippen molar-refractivity contribution in [2.24, 2.45) is 0 Å². The first kappa shape index (κ1) is 12.0. The number of hydrogen-bond acceptors (Lipinski definition) is 1. The normalized spacial score (nSPS) is 12.5. The number of aryl methyl sites for hydroxylation is 2. The summed E-state index contributed by atoms with van der Waals surface area (Å²) in [4.78, 5) is 10.5. The molecule has 15 heavy (non-hydrogen) atoms. The van der Waals surface area contributed by atoms with E-state index in [9.17, 15) is 4.79 Å². The molecule has 0 saturated carbocycles. The smallest absolute Gasteiger partial charge is 0.120 e. The van der Waals surface area contributed by atoms with E-state index in [1.807, 2.05) is 0 Å². The van der Waals surface area contributed by atoms with Gasteiger partial charge in [-0.15, -0.1) is 0 Å². The molecular formula is C14H20O. The molecule has 1 aromatic carbocycles. The summed E-state index contributed by atoms with van der Waals surface area (Å²) >= 11 is 0. The molecule has 1 aromatic rings. The highest BCUT2D eigenvalue weighted by molar-refractivity contribution is 5.51. The second kappa shape index (κ2) is 5.69. The predicted octanol–water partition coefficient (Wildman–Crippen LogP) is 3.50. The summed E-state index contributed by atoms with van der Waals surface area (Å²) in [5.74, 6) is 0.346. The van der Waals surface area contributed by atoms with E-state index in [4.69, 9.17) is 0 Å². The average Bonchev–Trinajstić information content (AvgIpc) is 2.28. The monoisotopic (exact) mass is 204 g/mol. The van der Waals surface area contributed by atoms with Gasteiger partial charge in [0.25, 0.3) is 0 Å². The topological polar surface area (TPSA) is 17.1 Å². The van der Waals surface area contributed by atoms with Crippen molar-refractivity contribution in [2.45, 2.75) is 46.0 Å². The van der Waals surface area contributed by atoms with Crippen LogP contribution in [-0.2, 0) is 17.6 Å². The van der Waals surface area contributed by atoms with Crippen molar-refractivity contribution in [1.29, 1.82) is 0 Å². The Hall–Kier alpha value is -1.11. The van der Waals surface area contributed by atoms with E-state index in [2.05, 4.69) is 39.0 Å². The fraction of sp³-hybridized carbons (Fsp3) is 0.500. The van der Waals surface area contributed by atoms with Gasteiger partial charge in [0.15, 0.2) is 0 Å². The van der Waals surface area contributed by atoms with Gasteiger partial charge in [-0.25, -0.2) is 0 Å². The second-order valence-electron chi connectivity index (χ2n) is 4.04. The quantitative estimate of drug-likeness (QED) is 0.671. The van der Waals surface area contributed by atoms with Gasteiger partial charge in [-0.3, -0.25) is 0 Å². The second-order valence-corrected chi connectivity index (χ2v) is 4.04. The zero-order chi connectivity index (χ0) is 11.3. The van der Waals surface area contributed by atoms with Crippen LogP contribution in [0.15, 0.2) is 18.2 Å². The Morgan fingerprint density at radius 2 is 1.87 bits per heavy atom. The maximum atomic E-state index is 10.5. The SMILES string of the molecule is CCc1ccc(C(C)CC=O)cc1CC. The van der Waals surface area contributed by atoms with Crippen molar-refractivity contribution >= 4 is 6.29 Å². The lowest BCUT2D eigenvalue weighted by Gasteiger charge is -2.12. The lowest BCUT2D eigenvalue weighted by Crippen LogP contribution is -1.98. The van der Waals surface area contributed by atoms with Gasteiger partial charge in [0.05, 0.1) is 0 Å². The maximum absolute atomic E-state index is 10.5. The summed E-state index contributed by atoms with van der Waals surface area (Å²) in [6, 6.07) is 6.62. The molecule has 0 heterocycles. The zero-order valence-corrected chi connectivity index (χ0v) is 9.92. The molecule has 82 valence electrons. The average molecular weight is 204 g/mol. The number of aldehydes is 1. The number of hydrogen-bond donors (Lipinski definition) is 0. The number of carbonyl (C=O) groups excluding carboxylic acids is 1. The lowest BCUT2D eigenvalue weighted by molar-refractivity contribution is -0.108. The number of carbonyl (C=O) groups is 1. The van der Waals surface area contributed by atoms with Crippen LogP contribution in [-0.4, -0.2) is 6.29 Å². The van der Waals surface area contributed by atoms with E-state index < -0.39 is 0 Å². The first-order valence-corrected chi connectivity index (χ1v) is 5.78. The highest BCUT2D eigenvalue weighted by atomic mass is 16.1. The van der Waals surface area contributed by atoms with Crippen molar-refractivity contribution < 1.29 is 4.79 Å². The molecular weight excluding hydrogens is 184 g/mol. The Labute approximate surface area is 92.5 Å². The van der Waals surface area contributed by atoms with E-state index in [1.54, 1.807) is 0 Å². The van der Waals surface area contributed by atoms with Gasteiger partial charge in [0.2, 0.25) is 0 Å². The summed E-state index contributed by atoms with van der Waals surface area (Å²) in [6.45, 7) is 6.47. The van der Waals surface area contributed by atoms with Crippen molar-refractivity contribution in [3.05, 3.63) is 34.9 Å². The Morgan fingerprint density at radius 1 is 1.20 bits per heavy atom. The summed E-state index contributed by atoms with van der Waals surface area (Å²) in [7, 11) is 0. The minimum Gasteiger partial charge on any atom is -0.303 e. The Kier molecular flexibility index (Phi) is 4.54. The molecule has 0 aliphatic rings. The number of benzene rings is 1. The van der Waals surface area contributed by atoms with Gasteiger partial charge in [-0.05, 0) is 35.4 Å². The summed E-state index contributed by atoms with van der Waals surface area (Å²) in [5, 5.41) is 0. The van der Waals surface area contributed by atoms with E-state index >= 15 is 0 Å². The largest absolute Gasteiger partial charge is 0.303 e. The maximum Gasteiger partial charge on any atom is 0.120 e. The highest BCUT2D eigenvalue weighted by Gasteiger charge is 2.07. The molecule has 1 atom stereocenters. The van der Waals surface area contributed by atoms with E-state index in [0.29, 0.717) is 12.3 Å². The molecule has 0 fully saturated rings. The summed E-state index contributed by atoms with van der Waals surface area (Å²) in [6.07, 6.45) is 3.79. The Morgan fingerprint density at radius 3 is 2.40 bits per heavy atom. The molecule has 1 rings (SSSR count). The lowest BCUT2D eigenvalue weighted by atomic mass is 9.93. The zero-order valence-electron chi connectivity index (χ0n) is 9.92. The van der Waals surface area contributed by atoms with Crippen LogP contribution in [0.25, 0.3) is 0 Å². The van der Waals surface area contributed by atoms with E-state index in [0.717, 1.165) is 19.1 Å². The van der Waals surface area contributed by atoms with Crippen LogP contribution in [0, 0.1) is 0 Å². The number of rotatable bonds is 5. The summed E-state index contributed by atoms with van der Waals surface area (Å²) in [5.41, 5.74) is 4.14. The van der Waals surface area contributed by atoms with Crippen LogP contribution in [0.1, 0.15) is 49.8 Å². The van der Waals surface area contributed by atoms with E-state index in [1.165, 1.54) is 16.7 Å². The molecule has 1 unspecified atom stereocenters. The molecule has 0 spiro atoms. The van der Waals surface area contributed by atoms with Gasteiger partial charge < -0.3 is 4.79 Å². The molecule has 1 heteroatoms. The molecule has 0 aromatic heterocycles. The molecule has 0 saturated heterocycles. The molecule has 0 aliphatic carbocycles. The van der Waals surface area contributed by atoms with Gasteiger partial charge in [0.1, 0.15) is 6.29 Å². The molecule has 0 bridgehead atoms. The van der Waals surface area contributed by atoms with Crippen molar-refractivity contribution in [2.75, 3.05) is 0 Å². The fourth-order valence-corrected chi connectivity index (χ4v) is 1.91. The third kappa shape index (κ3) is 2.92. The standard InChI is InChI=1S/C14H20O/c1-4-12-6-7-14(10-13(12)5-2)11(3)8-9-15/h6-7,9-11H,4-5,8H2,1-3H3. The van der Waals surface area contributed by atoms with E-state index in [-0.39, 0.29) is 0 Å². The van der Waals surface area contributed by atoms with Crippen LogP contribution >= 0.6 is 0 Å². The van der Waals surface area contributed by atoms with Gasteiger partial charge in [-0.2, -0.15) is 0 Å². The minimum absolute atomic E-state index is 0.346. The third-order valence-electron chi connectivity index (χ3n) is 3.01. The van der Waals surface area contributed by atoms with Crippen LogP contribution in [0.3, 0.4) is 0 Å². The molecule has 0 radical (unpaired) electrons. The first-order valence-electron chi connectivity index (χ1n) is 5.78.